The fraction of sp³-hybridized carbons (Fsp3) is 0.600. The van der Waals surface area contributed by atoms with E-state index < -0.39 is 0 Å². The summed E-state index contributed by atoms with van der Waals surface area (Å²) in [5.74, 6) is 0.523. The van der Waals surface area contributed by atoms with Crippen LogP contribution in [-0.2, 0) is 4.79 Å². The Kier molecular flexibility index (Phi) is 6.84. The number of carbonyl (C=O) groups excluding carboxylic acids is 2. The van der Waals surface area contributed by atoms with Crippen LogP contribution >= 0.6 is 0 Å². The monoisotopic (exact) mass is 280 g/mol. The smallest absolute Gasteiger partial charge is 0.257 e. The molecule has 1 N–H and O–H groups in total. The lowest BCUT2D eigenvalue weighted by atomic mass is 10.2. The normalized spacial score (nSPS) is 10.3. The summed E-state index contributed by atoms with van der Waals surface area (Å²) in [7, 11) is 0. The number of hydrogen-bond donors (Lipinski definition) is 1. The highest BCUT2D eigenvalue weighted by atomic mass is 16.3. The zero-order chi connectivity index (χ0) is 15.0. The number of unbranched alkanes of at least 4 members (excludes halogenated alkanes) is 1. The Labute approximate surface area is 120 Å². The molecule has 0 saturated heterocycles. The van der Waals surface area contributed by atoms with Gasteiger partial charge in [-0.3, -0.25) is 9.59 Å². The minimum atomic E-state index is -0.0832. The molecule has 0 bridgehead atoms. The van der Waals surface area contributed by atoms with Crippen molar-refractivity contribution >= 4 is 11.8 Å². The molecule has 0 saturated carbocycles. The van der Waals surface area contributed by atoms with E-state index >= 15 is 0 Å². The number of nitrogens with one attached hydrogen (secondary N) is 1. The van der Waals surface area contributed by atoms with Gasteiger partial charge in [0, 0.05) is 26.1 Å². The molecule has 1 aromatic heterocycles. The van der Waals surface area contributed by atoms with Gasteiger partial charge in [0.15, 0.2) is 0 Å². The van der Waals surface area contributed by atoms with Gasteiger partial charge >= 0.3 is 0 Å². The maximum absolute atomic E-state index is 12.3. The summed E-state index contributed by atoms with van der Waals surface area (Å²) in [5, 5.41) is 2.85. The molecule has 1 heterocycles. The molecule has 0 atom stereocenters. The zero-order valence-electron chi connectivity index (χ0n) is 12.6. The molecule has 2 amide bonds. The van der Waals surface area contributed by atoms with Gasteiger partial charge < -0.3 is 14.6 Å². The van der Waals surface area contributed by atoms with Gasteiger partial charge in [0.25, 0.3) is 5.91 Å². The van der Waals surface area contributed by atoms with E-state index in [1.54, 1.807) is 17.9 Å². The van der Waals surface area contributed by atoms with Crippen molar-refractivity contribution in [3.63, 3.8) is 0 Å². The summed E-state index contributed by atoms with van der Waals surface area (Å²) in [5.41, 5.74) is 0.568. The maximum atomic E-state index is 12.3. The van der Waals surface area contributed by atoms with Crippen molar-refractivity contribution in [2.24, 2.45) is 0 Å². The highest BCUT2D eigenvalue weighted by Gasteiger charge is 2.18. The SMILES string of the molecule is CCCCNC(=O)CCN(CC)C(=O)c1ccoc1C. The van der Waals surface area contributed by atoms with E-state index in [9.17, 15) is 9.59 Å². The molecule has 5 nitrogen and oxygen atoms in total. The molecular weight excluding hydrogens is 256 g/mol. The molecule has 5 heteroatoms. The number of nitrogens with zero attached hydrogens (tertiary/aromatic N) is 1. The molecule has 0 spiro atoms. The van der Waals surface area contributed by atoms with Crippen molar-refractivity contribution in [1.29, 1.82) is 0 Å². The summed E-state index contributed by atoms with van der Waals surface area (Å²) in [6.45, 7) is 7.46. The maximum Gasteiger partial charge on any atom is 0.257 e. The molecule has 112 valence electrons. The van der Waals surface area contributed by atoms with Gasteiger partial charge in [0.1, 0.15) is 5.76 Å². The van der Waals surface area contributed by atoms with Crippen LogP contribution in [0.15, 0.2) is 16.7 Å². The van der Waals surface area contributed by atoms with Gasteiger partial charge in [0.2, 0.25) is 5.91 Å². The lowest BCUT2D eigenvalue weighted by Crippen LogP contribution is -2.35. The average molecular weight is 280 g/mol. The Morgan fingerprint density at radius 1 is 1.35 bits per heavy atom. The van der Waals surface area contributed by atoms with Crippen molar-refractivity contribution in [1.82, 2.24) is 10.2 Å². The second kappa shape index (κ2) is 8.40. The molecule has 0 unspecified atom stereocenters. The average Bonchev–Trinajstić information content (AvgIpc) is 2.85. The summed E-state index contributed by atoms with van der Waals surface area (Å²) < 4.78 is 5.14. The zero-order valence-corrected chi connectivity index (χ0v) is 12.6. The molecule has 0 aliphatic heterocycles. The largest absolute Gasteiger partial charge is 0.469 e. The predicted octanol–water partition coefficient (Wildman–Crippen LogP) is 2.36. The lowest BCUT2D eigenvalue weighted by molar-refractivity contribution is -0.121. The number of amides is 2. The number of aryl methyl sites for hydroxylation is 1. The Hall–Kier alpha value is -1.78. The molecule has 0 radical (unpaired) electrons. The van der Waals surface area contributed by atoms with Gasteiger partial charge in [-0.15, -0.1) is 0 Å². The predicted molar refractivity (Wildman–Crippen MR) is 77.6 cm³/mol. The van der Waals surface area contributed by atoms with Gasteiger partial charge in [-0.25, -0.2) is 0 Å². The van der Waals surface area contributed by atoms with Crippen LogP contribution in [0.4, 0.5) is 0 Å². The molecule has 1 rings (SSSR count). The van der Waals surface area contributed by atoms with E-state index in [2.05, 4.69) is 12.2 Å². The van der Waals surface area contributed by atoms with Crippen LogP contribution in [0.25, 0.3) is 0 Å². The molecule has 0 aliphatic carbocycles. The first-order valence-corrected chi connectivity index (χ1v) is 7.20. The first-order chi connectivity index (χ1) is 9.60. The summed E-state index contributed by atoms with van der Waals surface area (Å²) in [6, 6.07) is 1.67. The Morgan fingerprint density at radius 2 is 2.10 bits per heavy atom. The second-order valence-corrected chi connectivity index (χ2v) is 4.73. The highest BCUT2D eigenvalue weighted by Crippen LogP contribution is 2.12. The molecular formula is C15H24N2O3. The van der Waals surface area contributed by atoms with Crippen LogP contribution in [0.5, 0.6) is 0 Å². The van der Waals surface area contributed by atoms with Crippen molar-refractivity contribution in [3.8, 4) is 0 Å². The second-order valence-electron chi connectivity index (χ2n) is 4.73. The minimum absolute atomic E-state index is 0.00591. The molecule has 1 aromatic rings. The Balaban J connectivity index is 2.45. The van der Waals surface area contributed by atoms with Crippen LogP contribution < -0.4 is 5.32 Å². The van der Waals surface area contributed by atoms with Gasteiger partial charge in [-0.2, -0.15) is 0 Å². The third kappa shape index (κ3) is 4.72. The van der Waals surface area contributed by atoms with E-state index in [4.69, 9.17) is 4.42 Å². The van der Waals surface area contributed by atoms with Gasteiger partial charge in [-0.1, -0.05) is 13.3 Å². The topological polar surface area (TPSA) is 62.6 Å². The van der Waals surface area contributed by atoms with Crippen molar-refractivity contribution in [2.75, 3.05) is 19.6 Å². The summed E-state index contributed by atoms with van der Waals surface area (Å²) >= 11 is 0. The van der Waals surface area contributed by atoms with Crippen LogP contribution in [0.2, 0.25) is 0 Å². The fourth-order valence-electron chi connectivity index (χ4n) is 1.91. The van der Waals surface area contributed by atoms with Gasteiger partial charge in [-0.05, 0) is 26.3 Å². The third-order valence-corrected chi connectivity index (χ3v) is 3.22. The van der Waals surface area contributed by atoms with Crippen molar-refractivity contribution in [3.05, 3.63) is 23.7 Å². The van der Waals surface area contributed by atoms with Crippen LogP contribution in [0.3, 0.4) is 0 Å². The van der Waals surface area contributed by atoms with E-state index in [0.717, 1.165) is 12.8 Å². The standard InChI is InChI=1S/C15H24N2O3/c1-4-6-9-16-14(18)7-10-17(5-2)15(19)13-8-11-20-12(13)3/h8,11H,4-7,9-10H2,1-3H3,(H,16,18). The number of furan rings is 1. The summed E-state index contributed by atoms with van der Waals surface area (Å²) in [6.07, 6.45) is 3.88. The van der Waals surface area contributed by atoms with E-state index in [1.165, 1.54) is 6.26 Å². The Morgan fingerprint density at radius 3 is 2.65 bits per heavy atom. The molecule has 0 fully saturated rings. The van der Waals surface area contributed by atoms with Crippen LogP contribution in [-0.4, -0.2) is 36.3 Å². The highest BCUT2D eigenvalue weighted by molar-refractivity contribution is 5.95. The number of hydrogen-bond acceptors (Lipinski definition) is 3. The quantitative estimate of drug-likeness (QED) is 0.743. The first-order valence-electron chi connectivity index (χ1n) is 7.20. The van der Waals surface area contributed by atoms with Crippen molar-refractivity contribution < 1.29 is 14.0 Å². The van der Waals surface area contributed by atoms with Crippen molar-refractivity contribution in [2.45, 2.75) is 40.0 Å². The van der Waals surface area contributed by atoms with E-state index in [-0.39, 0.29) is 11.8 Å². The van der Waals surface area contributed by atoms with E-state index in [0.29, 0.717) is 37.4 Å². The lowest BCUT2D eigenvalue weighted by Gasteiger charge is -2.20. The number of carbonyl (C=O) groups is 2. The minimum Gasteiger partial charge on any atom is -0.469 e. The fourth-order valence-corrected chi connectivity index (χ4v) is 1.91. The van der Waals surface area contributed by atoms with Crippen LogP contribution in [0, 0.1) is 6.92 Å². The molecule has 0 aliphatic rings. The molecule has 0 aromatic carbocycles. The Bertz CT molecular complexity index is 440. The van der Waals surface area contributed by atoms with Crippen LogP contribution in [0.1, 0.15) is 49.2 Å². The third-order valence-electron chi connectivity index (χ3n) is 3.22. The number of rotatable bonds is 8. The molecule has 20 heavy (non-hydrogen) atoms. The van der Waals surface area contributed by atoms with Gasteiger partial charge in [0.05, 0.1) is 11.8 Å². The van der Waals surface area contributed by atoms with E-state index in [1.807, 2.05) is 6.92 Å². The first kappa shape index (κ1) is 16.3. The summed E-state index contributed by atoms with van der Waals surface area (Å²) in [4.78, 5) is 25.6.